The Morgan fingerprint density at radius 2 is 1.79 bits per heavy atom. The molecule has 2 aromatic heterocycles. The molecule has 38 heavy (non-hydrogen) atoms. The first-order valence-corrected chi connectivity index (χ1v) is 11.7. The van der Waals surface area contributed by atoms with E-state index < -0.39 is 0 Å². The van der Waals surface area contributed by atoms with Gasteiger partial charge in [0.25, 0.3) is 5.91 Å². The van der Waals surface area contributed by atoms with E-state index in [2.05, 4.69) is 32.2 Å². The number of methoxy groups -OCH3 is 1. The van der Waals surface area contributed by atoms with E-state index >= 15 is 0 Å². The number of pyridine rings is 1. The highest BCUT2D eigenvalue weighted by molar-refractivity contribution is 6.06. The number of carbonyl (C=O) groups excluding carboxylic acids is 2. The smallest absolute Gasteiger partial charge is 0.260 e. The summed E-state index contributed by atoms with van der Waals surface area (Å²) in [6.45, 7) is 3.51. The number of aromatic nitrogens is 3. The SMILES string of the molecule is C=CC(=O)Nc1cccc(-c2cc(-c3ccc(C(=O)Nc4ccccn4)c(OC)c3)cc3cncnc23)c1. The molecule has 0 spiro atoms. The lowest BCUT2D eigenvalue weighted by molar-refractivity contribution is -0.111. The van der Waals surface area contributed by atoms with Crippen LogP contribution in [-0.4, -0.2) is 33.9 Å². The van der Waals surface area contributed by atoms with Crippen molar-refractivity contribution < 1.29 is 14.3 Å². The molecule has 2 N–H and O–H groups in total. The topological polar surface area (TPSA) is 106 Å². The number of nitrogens with one attached hydrogen (secondary N) is 2. The predicted octanol–water partition coefficient (Wildman–Crippen LogP) is 5.74. The average molecular weight is 502 g/mol. The molecule has 0 aliphatic heterocycles. The van der Waals surface area contributed by atoms with Crippen molar-refractivity contribution in [3.05, 3.63) is 110 Å². The average Bonchev–Trinajstić information content (AvgIpc) is 2.96. The third kappa shape index (κ3) is 5.10. The Balaban J connectivity index is 1.56. The molecule has 0 saturated carbocycles. The van der Waals surface area contributed by atoms with Crippen molar-refractivity contribution in [2.75, 3.05) is 17.7 Å². The van der Waals surface area contributed by atoms with Gasteiger partial charge in [-0.1, -0.05) is 30.8 Å². The van der Waals surface area contributed by atoms with Gasteiger partial charge in [-0.25, -0.2) is 15.0 Å². The number of anilines is 2. The van der Waals surface area contributed by atoms with Crippen molar-refractivity contribution >= 4 is 34.2 Å². The van der Waals surface area contributed by atoms with Crippen molar-refractivity contribution in [1.82, 2.24) is 15.0 Å². The number of ether oxygens (including phenoxy) is 1. The first-order valence-electron chi connectivity index (χ1n) is 11.7. The molecule has 0 unspecified atom stereocenters. The third-order valence-corrected chi connectivity index (χ3v) is 5.92. The maximum atomic E-state index is 12.9. The van der Waals surface area contributed by atoms with Crippen LogP contribution in [0.2, 0.25) is 0 Å². The highest BCUT2D eigenvalue weighted by Gasteiger charge is 2.16. The summed E-state index contributed by atoms with van der Waals surface area (Å²) >= 11 is 0. The molecule has 0 bridgehead atoms. The molecule has 3 aromatic carbocycles. The molecular weight excluding hydrogens is 478 g/mol. The zero-order valence-corrected chi connectivity index (χ0v) is 20.5. The van der Waals surface area contributed by atoms with E-state index in [0.29, 0.717) is 22.8 Å². The number of carbonyl (C=O) groups is 2. The van der Waals surface area contributed by atoms with E-state index in [1.54, 1.807) is 36.7 Å². The van der Waals surface area contributed by atoms with Crippen molar-refractivity contribution in [2.45, 2.75) is 0 Å². The van der Waals surface area contributed by atoms with Crippen LogP contribution < -0.4 is 15.4 Å². The Hall–Kier alpha value is -5.37. The summed E-state index contributed by atoms with van der Waals surface area (Å²) in [5.74, 6) is 0.269. The van der Waals surface area contributed by atoms with Crippen LogP contribution in [0, 0.1) is 0 Å². The highest BCUT2D eigenvalue weighted by Crippen LogP contribution is 2.35. The molecule has 0 aliphatic rings. The fourth-order valence-electron chi connectivity index (χ4n) is 4.13. The van der Waals surface area contributed by atoms with Crippen LogP contribution in [0.25, 0.3) is 33.2 Å². The summed E-state index contributed by atoms with van der Waals surface area (Å²) in [6, 6.07) is 22.2. The van der Waals surface area contributed by atoms with Crippen LogP contribution in [0.4, 0.5) is 11.5 Å². The van der Waals surface area contributed by atoms with E-state index in [4.69, 9.17) is 4.74 Å². The molecule has 5 rings (SSSR count). The second-order valence-corrected chi connectivity index (χ2v) is 8.34. The highest BCUT2D eigenvalue weighted by atomic mass is 16.5. The van der Waals surface area contributed by atoms with Crippen molar-refractivity contribution in [1.29, 1.82) is 0 Å². The molecule has 0 atom stereocenters. The lowest BCUT2D eigenvalue weighted by atomic mass is 9.95. The summed E-state index contributed by atoms with van der Waals surface area (Å²) in [4.78, 5) is 37.6. The van der Waals surface area contributed by atoms with Gasteiger partial charge in [0.05, 0.1) is 18.2 Å². The zero-order chi connectivity index (χ0) is 26.5. The van der Waals surface area contributed by atoms with Gasteiger partial charge in [-0.05, 0) is 71.3 Å². The molecule has 2 amide bonds. The number of nitrogens with zero attached hydrogens (tertiary/aromatic N) is 3. The van der Waals surface area contributed by atoms with Crippen LogP contribution in [0.5, 0.6) is 5.75 Å². The zero-order valence-electron chi connectivity index (χ0n) is 20.5. The van der Waals surface area contributed by atoms with Gasteiger partial charge < -0.3 is 15.4 Å². The summed E-state index contributed by atoms with van der Waals surface area (Å²) in [5.41, 5.74) is 5.27. The normalized spacial score (nSPS) is 10.6. The maximum absolute atomic E-state index is 12.9. The first-order chi connectivity index (χ1) is 18.6. The van der Waals surface area contributed by atoms with Crippen molar-refractivity contribution in [2.24, 2.45) is 0 Å². The van der Waals surface area contributed by atoms with Gasteiger partial charge in [-0.2, -0.15) is 0 Å². The van der Waals surface area contributed by atoms with Crippen LogP contribution >= 0.6 is 0 Å². The van der Waals surface area contributed by atoms with E-state index in [-0.39, 0.29) is 11.8 Å². The Morgan fingerprint density at radius 1 is 0.895 bits per heavy atom. The molecule has 0 aliphatic carbocycles. The lowest BCUT2D eigenvalue weighted by Crippen LogP contribution is -2.14. The summed E-state index contributed by atoms with van der Waals surface area (Å²) in [6.07, 6.45) is 6.10. The number of hydrogen-bond donors (Lipinski definition) is 2. The van der Waals surface area contributed by atoms with E-state index in [1.165, 1.54) is 19.5 Å². The molecule has 2 heterocycles. The van der Waals surface area contributed by atoms with Gasteiger partial charge in [0, 0.05) is 29.0 Å². The third-order valence-electron chi connectivity index (χ3n) is 5.92. The maximum Gasteiger partial charge on any atom is 0.260 e. The van der Waals surface area contributed by atoms with Crippen molar-refractivity contribution in [3.63, 3.8) is 0 Å². The summed E-state index contributed by atoms with van der Waals surface area (Å²) in [5, 5.41) is 6.43. The number of fused-ring (bicyclic) bond motifs is 1. The molecule has 186 valence electrons. The van der Waals surface area contributed by atoms with Crippen LogP contribution in [0.15, 0.2) is 104 Å². The quantitative estimate of drug-likeness (QED) is 0.275. The molecule has 8 heteroatoms. The predicted molar refractivity (Wildman–Crippen MR) is 148 cm³/mol. The van der Waals surface area contributed by atoms with Gasteiger partial charge >= 0.3 is 0 Å². The molecule has 0 radical (unpaired) electrons. The Labute approximate surface area is 219 Å². The molecule has 8 nitrogen and oxygen atoms in total. The largest absolute Gasteiger partial charge is 0.496 e. The van der Waals surface area contributed by atoms with E-state index in [0.717, 1.165) is 33.2 Å². The lowest BCUT2D eigenvalue weighted by Gasteiger charge is -2.14. The standard InChI is InChI=1S/C30H23N5O3/c1-3-28(36)34-23-8-6-7-20(14-23)25-15-21(13-22-17-31-18-33-29(22)25)19-10-11-24(26(16-19)38-2)30(37)35-27-9-4-5-12-32-27/h3-18H,1H2,2H3,(H,34,36)(H,32,35,37). The van der Waals surface area contributed by atoms with E-state index in [9.17, 15) is 9.59 Å². The first kappa shape index (κ1) is 24.3. The van der Waals surface area contributed by atoms with Gasteiger partial charge in [0.1, 0.15) is 17.9 Å². The molecule has 0 saturated heterocycles. The molecular formula is C30H23N5O3. The van der Waals surface area contributed by atoms with Crippen LogP contribution in [0.3, 0.4) is 0 Å². The number of benzene rings is 3. The van der Waals surface area contributed by atoms with Crippen LogP contribution in [-0.2, 0) is 4.79 Å². The van der Waals surface area contributed by atoms with Crippen LogP contribution in [0.1, 0.15) is 10.4 Å². The summed E-state index contributed by atoms with van der Waals surface area (Å²) in [7, 11) is 1.53. The van der Waals surface area contributed by atoms with Gasteiger partial charge in [0.2, 0.25) is 5.91 Å². The Bertz CT molecular complexity index is 1670. The minimum absolute atomic E-state index is 0.289. The van der Waals surface area contributed by atoms with Gasteiger partial charge in [-0.3, -0.25) is 9.59 Å². The van der Waals surface area contributed by atoms with Crippen molar-refractivity contribution in [3.8, 4) is 28.0 Å². The summed E-state index contributed by atoms with van der Waals surface area (Å²) < 4.78 is 5.58. The Morgan fingerprint density at radius 3 is 2.58 bits per heavy atom. The minimum atomic E-state index is -0.321. The number of amides is 2. The van der Waals surface area contributed by atoms with E-state index in [1.807, 2.05) is 48.5 Å². The number of hydrogen-bond acceptors (Lipinski definition) is 6. The monoisotopic (exact) mass is 501 g/mol. The minimum Gasteiger partial charge on any atom is -0.496 e. The fraction of sp³-hybridized carbons (Fsp3) is 0.0333. The van der Waals surface area contributed by atoms with Gasteiger partial charge in [-0.15, -0.1) is 0 Å². The van der Waals surface area contributed by atoms with Gasteiger partial charge in [0.15, 0.2) is 0 Å². The second-order valence-electron chi connectivity index (χ2n) is 8.34. The molecule has 0 fully saturated rings. The Kier molecular flexibility index (Phi) is 6.86. The molecule has 5 aromatic rings. The second kappa shape index (κ2) is 10.7. The number of rotatable bonds is 7. The fourth-order valence-corrected chi connectivity index (χ4v) is 4.13.